The molecule has 3 heteroatoms. The predicted octanol–water partition coefficient (Wildman–Crippen LogP) is 3.60. The van der Waals surface area contributed by atoms with Gasteiger partial charge in [0.25, 0.3) is 0 Å². The minimum Gasteiger partial charge on any atom is -0.490 e. The van der Waals surface area contributed by atoms with E-state index in [1.807, 2.05) is 7.05 Å². The predicted molar refractivity (Wildman–Crippen MR) is 75.3 cm³/mol. The van der Waals surface area contributed by atoms with Crippen molar-refractivity contribution in [3.8, 4) is 5.75 Å². The van der Waals surface area contributed by atoms with Crippen LogP contribution in [-0.4, -0.2) is 13.2 Å². The van der Waals surface area contributed by atoms with Gasteiger partial charge in [-0.15, -0.1) is 11.3 Å². The van der Waals surface area contributed by atoms with Crippen LogP contribution in [0.4, 0.5) is 0 Å². The third-order valence-corrected chi connectivity index (χ3v) is 4.09. The molecule has 0 saturated heterocycles. The van der Waals surface area contributed by atoms with Crippen molar-refractivity contribution in [2.45, 2.75) is 25.0 Å². The maximum Gasteiger partial charge on any atom is 0.119 e. The first-order valence-electron chi connectivity index (χ1n) is 6.34. The molecule has 1 aromatic heterocycles. The van der Waals surface area contributed by atoms with Crippen molar-refractivity contribution in [3.05, 3.63) is 52.2 Å². The van der Waals surface area contributed by atoms with Crippen molar-refractivity contribution >= 4 is 11.3 Å². The standard InChI is InChI=1S/C15H17NOS/c1-16-15(14-3-2-10-18-14)11-4-6-12(7-5-11)17-13-8-9-13/h2-7,10,13,15-16H,8-9H2,1H3. The highest BCUT2D eigenvalue weighted by Gasteiger charge is 2.23. The number of nitrogens with one attached hydrogen (secondary N) is 1. The number of benzene rings is 1. The van der Waals surface area contributed by atoms with Crippen LogP contribution in [0.5, 0.6) is 5.75 Å². The number of thiophene rings is 1. The van der Waals surface area contributed by atoms with Crippen molar-refractivity contribution in [3.63, 3.8) is 0 Å². The van der Waals surface area contributed by atoms with Gasteiger partial charge in [0.15, 0.2) is 0 Å². The van der Waals surface area contributed by atoms with Crippen LogP contribution >= 0.6 is 11.3 Å². The number of hydrogen-bond donors (Lipinski definition) is 1. The molecule has 0 aliphatic heterocycles. The summed E-state index contributed by atoms with van der Waals surface area (Å²) in [5.41, 5.74) is 1.28. The molecular formula is C15H17NOS. The molecule has 0 amide bonds. The first-order valence-corrected chi connectivity index (χ1v) is 7.22. The summed E-state index contributed by atoms with van der Waals surface area (Å²) in [7, 11) is 2.00. The molecule has 1 heterocycles. The summed E-state index contributed by atoms with van der Waals surface area (Å²) in [5, 5.41) is 5.48. The molecule has 2 nitrogen and oxygen atoms in total. The smallest absolute Gasteiger partial charge is 0.119 e. The van der Waals surface area contributed by atoms with E-state index in [4.69, 9.17) is 4.74 Å². The zero-order valence-corrected chi connectivity index (χ0v) is 11.2. The minimum absolute atomic E-state index is 0.278. The summed E-state index contributed by atoms with van der Waals surface area (Å²) in [6.45, 7) is 0. The van der Waals surface area contributed by atoms with Crippen LogP contribution in [0.2, 0.25) is 0 Å². The van der Waals surface area contributed by atoms with Gasteiger partial charge in [-0.2, -0.15) is 0 Å². The summed E-state index contributed by atoms with van der Waals surface area (Å²) in [4.78, 5) is 1.34. The Morgan fingerprint density at radius 2 is 2.00 bits per heavy atom. The van der Waals surface area contributed by atoms with Crippen LogP contribution < -0.4 is 10.1 Å². The summed E-state index contributed by atoms with van der Waals surface area (Å²) in [6.07, 6.45) is 2.87. The van der Waals surface area contributed by atoms with Gasteiger partial charge >= 0.3 is 0 Å². The van der Waals surface area contributed by atoms with Gasteiger partial charge < -0.3 is 10.1 Å². The average Bonchev–Trinajstić information content (AvgIpc) is 3.05. The quantitative estimate of drug-likeness (QED) is 0.886. The lowest BCUT2D eigenvalue weighted by Crippen LogP contribution is -2.16. The maximum absolute atomic E-state index is 5.77. The number of rotatable bonds is 5. The molecule has 94 valence electrons. The zero-order valence-electron chi connectivity index (χ0n) is 10.4. The molecule has 0 bridgehead atoms. The van der Waals surface area contributed by atoms with E-state index in [0.29, 0.717) is 6.10 Å². The third kappa shape index (κ3) is 2.57. The van der Waals surface area contributed by atoms with Crippen molar-refractivity contribution in [1.29, 1.82) is 0 Å². The molecule has 1 N–H and O–H groups in total. The fraction of sp³-hybridized carbons (Fsp3) is 0.333. The largest absolute Gasteiger partial charge is 0.490 e. The highest BCUT2D eigenvalue weighted by Crippen LogP contribution is 2.29. The van der Waals surface area contributed by atoms with Crippen molar-refractivity contribution in [2.24, 2.45) is 0 Å². The monoisotopic (exact) mass is 259 g/mol. The van der Waals surface area contributed by atoms with E-state index in [9.17, 15) is 0 Å². The van der Waals surface area contributed by atoms with Crippen LogP contribution in [0.1, 0.15) is 29.3 Å². The molecule has 1 aliphatic rings. The number of ether oxygens (including phenoxy) is 1. The van der Waals surface area contributed by atoms with Crippen molar-refractivity contribution in [1.82, 2.24) is 5.32 Å². The Bertz CT molecular complexity index is 488. The van der Waals surface area contributed by atoms with Crippen LogP contribution in [0.25, 0.3) is 0 Å². The molecule has 1 unspecified atom stereocenters. The molecular weight excluding hydrogens is 242 g/mol. The van der Waals surface area contributed by atoms with Gasteiger partial charge in [-0.25, -0.2) is 0 Å². The van der Waals surface area contributed by atoms with Gasteiger partial charge in [0.1, 0.15) is 5.75 Å². The number of hydrogen-bond acceptors (Lipinski definition) is 3. The van der Waals surface area contributed by atoms with E-state index in [1.165, 1.54) is 23.3 Å². The fourth-order valence-electron chi connectivity index (χ4n) is 2.05. The molecule has 2 aromatic rings. The Morgan fingerprint density at radius 3 is 2.56 bits per heavy atom. The molecule has 1 aromatic carbocycles. The zero-order chi connectivity index (χ0) is 12.4. The lowest BCUT2D eigenvalue weighted by atomic mass is 10.1. The normalized spacial score (nSPS) is 16.5. The molecule has 1 saturated carbocycles. The van der Waals surface area contributed by atoms with Crippen molar-refractivity contribution in [2.75, 3.05) is 7.05 Å². The van der Waals surface area contributed by atoms with Gasteiger partial charge in [-0.3, -0.25) is 0 Å². The Kier molecular flexibility index (Phi) is 3.35. The van der Waals surface area contributed by atoms with E-state index in [2.05, 4.69) is 47.1 Å². The minimum atomic E-state index is 0.278. The van der Waals surface area contributed by atoms with Gasteiger partial charge in [0.2, 0.25) is 0 Å². The topological polar surface area (TPSA) is 21.3 Å². The Labute approximate surface area is 112 Å². The SMILES string of the molecule is CNC(c1ccc(OC2CC2)cc1)c1cccs1. The lowest BCUT2D eigenvalue weighted by molar-refractivity contribution is 0.303. The van der Waals surface area contributed by atoms with E-state index in [1.54, 1.807) is 11.3 Å². The Balaban J connectivity index is 1.77. The summed E-state index contributed by atoms with van der Waals surface area (Å²) < 4.78 is 5.77. The maximum atomic E-state index is 5.77. The summed E-state index contributed by atoms with van der Waals surface area (Å²) in [6, 6.07) is 13.0. The molecule has 0 radical (unpaired) electrons. The third-order valence-electron chi connectivity index (χ3n) is 3.16. The second kappa shape index (κ2) is 5.12. The lowest BCUT2D eigenvalue weighted by Gasteiger charge is -2.15. The van der Waals surface area contributed by atoms with E-state index in [0.717, 1.165) is 5.75 Å². The average molecular weight is 259 g/mol. The second-order valence-electron chi connectivity index (χ2n) is 4.62. The summed E-state index contributed by atoms with van der Waals surface area (Å²) in [5.74, 6) is 0.988. The Hall–Kier alpha value is -1.32. The van der Waals surface area contributed by atoms with Gasteiger partial charge in [-0.05, 0) is 49.0 Å². The first-order chi connectivity index (χ1) is 8.86. The van der Waals surface area contributed by atoms with E-state index in [-0.39, 0.29) is 6.04 Å². The van der Waals surface area contributed by atoms with Crippen LogP contribution in [0.3, 0.4) is 0 Å². The van der Waals surface area contributed by atoms with Gasteiger partial charge in [-0.1, -0.05) is 18.2 Å². The summed E-state index contributed by atoms with van der Waals surface area (Å²) >= 11 is 1.78. The van der Waals surface area contributed by atoms with Gasteiger partial charge in [0.05, 0.1) is 12.1 Å². The molecule has 18 heavy (non-hydrogen) atoms. The highest BCUT2D eigenvalue weighted by molar-refractivity contribution is 7.10. The highest BCUT2D eigenvalue weighted by atomic mass is 32.1. The van der Waals surface area contributed by atoms with Crippen LogP contribution in [0.15, 0.2) is 41.8 Å². The van der Waals surface area contributed by atoms with E-state index >= 15 is 0 Å². The fourth-order valence-corrected chi connectivity index (χ4v) is 2.91. The van der Waals surface area contributed by atoms with Gasteiger partial charge in [0, 0.05) is 4.88 Å². The van der Waals surface area contributed by atoms with Crippen LogP contribution in [0, 0.1) is 0 Å². The molecule has 0 spiro atoms. The molecule has 1 fully saturated rings. The first kappa shape index (κ1) is 11.8. The molecule has 3 rings (SSSR count). The van der Waals surface area contributed by atoms with E-state index < -0.39 is 0 Å². The Morgan fingerprint density at radius 1 is 1.22 bits per heavy atom. The van der Waals surface area contributed by atoms with Crippen molar-refractivity contribution < 1.29 is 4.74 Å². The molecule has 1 atom stereocenters. The second-order valence-corrected chi connectivity index (χ2v) is 5.60. The molecule has 1 aliphatic carbocycles. The van der Waals surface area contributed by atoms with Crippen LogP contribution in [-0.2, 0) is 0 Å².